The second-order valence-corrected chi connectivity index (χ2v) is 2.94. The fourth-order valence-corrected chi connectivity index (χ4v) is 0.599. The Kier molecular flexibility index (Phi) is 3.76. The second kappa shape index (κ2) is 3.84. The number of hydrogen-bond acceptors (Lipinski definition) is 5. The molecule has 5 N–H and O–H groups in total. The van der Waals surface area contributed by atoms with E-state index in [2.05, 4.69) is 9.32 Å². The minimum atomic E-state index is -3.92. The Balaban J connectivity index is 3.56. The summed E-state index contributed by atoms with van der Waals surface area (Å²) < 4.78 is 24.2. The molecule has 0 saturated heterocycles. The lowest BCUT2D eigenvalue weighted by Crippen LogP contribution is -2.32. The maximum Gasteiger partial charge on any atom is 0.333 e. The van der Waals surface area contributed by atoms with Crippen molar-refractivity contribution in [2.45, 2.75) is 6.04 Å². The van der Waals surface area contributed by atoms with Crippen molar-refractivity contribution >= 4 is 10.3 Å². The molecule has 0 fully saturated rings. The van der Waals surface area contributed by atoms with Gasteiger partial charge in [-0.1, -0.05) is 0 Å². The van der Waals surface area contributed by atoms with Crippen molar-refractivity contribution in [3.05, 3.63) is 0 Å². The first kappa shape index (κ1) is 9.79. The SMILES string of the molecule is N[C@H](CO)COS(N)(=O)=O. The summed E-state index contributed by atoms with van der Waals surface area (Å²) in [6.45, 7) is -0.634. The molecule has 7 heteroatoms. The van der Waals surface area contributed by atoms with E-state index in [9.17, 15) is 8.42 Å². The van der Waals surface area contributed by atoms with Crippen LogP contribution in [0, 0.1) is 0 Å². The van der Waals surface area contributed by atoms with Crippen LogP contribution in [0.25, 0.3) is 0 Å². The second-order valence-electron chi connectivity index (χ2n) is 1.72. The van der Waals surface area contributed by atoms with Gasteiger partial charge >= 0.3 is 10.3 Å². The Morgan fingerprint density at radius 3 is 2.40 bits per heavy atom. The highest BCUT2D eigenvalue weighted by Gasteiger charge is 2.06. The van der Waals surface area contributed by atoms with Crippen LogP contribution < -0.4 is 10.9 Å². The molecule has 0 aliphatic heterocycles. The molecule has 0 bridgehead atoms. The highest BCUT2D eigenvalue weighted by atomic mass is 32.2. The molecule has 0 radical (unpaired) electrons. The van der Waals surface area contributed by atoms with Crippen molar-refractivity contribution in [2.24, 2.45) is 10.9 Å². The normalized spacial score (nSPS) is 15.1. The molecule has 10 heavy (non-hydrogen) atoms. The van der Waals surface area contributed by atoms with Gasteiger partial charge in [-0.25, -0.2) is 5.14 Å². The van der Waals surface area contributed by atoms with E-state index in [1.807, 2.05) is 0 Å². The quantitative estimate of drug-likeness (QED) is 0.432. The maximum absolute atomic E-state index is 10.1. The zero-order valence-electron chi connectivity index (χ0n) is 5.23. The monoisotopic (exact) mass is 170 g/mol. The van der Waals surface area contributed by atoms with E-state index in [1.54, 1.807) is 0 Å². The molecule has 0 amide bonds. The summed E-state index contributed by atoms with van der Waals surface area (Å²) in [6.07, 6.45) is 0. The van der Waals surface area contributed by atoms with Crippen LogP contribution in [0.4, 0.5) is 0 Å². The summed E-state index contributed by atoms with van der Waals surface area (Å²) in [7, 11) is -3.92. The van der Waals surface area contributed by atoms with Crippen LogP contribution in [-0.4, -0.2) is 32.8 Å². The lowest BCUT2D eigenvalue weighted by Gasteiger charge is -2.05. The van der Waals surface area contributed by atoms with E-state index < -0.39 is 16.3 Å². The third-order valence-corrected chi connectivity index (χ3v) is 1.15. The predicted molar refractivity (Wildman–Crippen MR) is 34.1 cm³/mol. The molecule has 62 valence electrons. The van der Waals surface area contributed by atoms with Crippen molar-refractivity contribution in [3.8, 4) is 0 Å². The van der Waals surface area contributed by atoms with Crippen LogP contribution in [0.3, 0.4) is 0 Å². The number of rotatable bonds is 4. The summed E-state index contributed by atoms with van der Waals surface area (Å²) >= 11 is 0. The summed E-state index contributed by atoms with van der Waals surface area (Å²) in [4.78, 5) is 0. The van der Waals surface area contributed by atoms with Gasteiger partial charge in [-0.3, -0.25) is 4.18 Å². The first-order chi connectivity index (χ1) is 4.45. The molecular formula is C3H10N2O4S. The number of aliphatic hydroxyl groups is 1. The molecule has 0 aliphatic carbocycles. The Labute approximate surface area is 59.0 Å². The van der Waals surface area contributed by atoms with E-state index in [1.165, 1.54) is 0 Å². The molecule has 0 saturated carbocycles. The van der Waals surface area contributed by atoms with Crippen LogP contribution in [0.2, 0.25) is 0 Å². The van der Waals surface area contributed by atoms with Crippen molar-refractivity contribution in [2.75, 3.05) is 13.2 Å². The smallest absolute Gasteiger partial charge is 0.333 e. The molecule has 0 rings (SSSR count). The van der Waals surface area contributed by atoms with Gasteiger partial charge < -0.3 is 10.8 Å². The molecule has 0 aromatic rings. The van der Waals surface area contributed by atoms with Crippen LogP contribution >= 0.6 is 0 Å². The van der Waals surface area contributed by atoms with Crippen molar-refractivity contribution in [1.29, 1.82) is 0 Å². The van der Waals surface area contributed by atoms with Crippen molar-refractivity contribution < 1.29 is 17.7 Å². The minimum Gasteiger partial charge on any atom is -0.395 e. The number of nitrogens with two attached hydrogens (primary N) is 2. The molecule has 0 aromatic carbocycles. The summed E-state index contributed by atoms with van der Waals surface area (Å²) in [5, 5.41) is 12.7. The molecule has 0 heterocycles. The topological polar surface area (TPSA) is 116 Å². The Hall–Kier alpha value is -0.210. The average Bonchev–Trinajstić information content (AvgIpc) is 1.81. The van der Waals surface area contributed by atoms with Gasteiger partial charge in [0.05, 0.1) is 19.3 Å². The lowest BCUT2D eigenvalue weighted by molar-refractivity contribution is 0.210. The van der Waals surface area contributed by atoms with Gasteiger partial charge in [0, 0.05) is 0 Å². The molecule has 6 nitrogen and oxygen atoms in total. The first-order valence-electron chi connectivity index (χ1n) is 2.49. The van der Waals surface area contributed by atoms with Gasteiger partial charge in [0.2, 0.25) is 0 Å². The minimum absolute atomic E-state index is 0.296. The third kappa shape index (κ3) is 5.92. The van der Waals surface area contributed by atoms with E-state index in [-0.39, 0.29) is 13.2 Å². The van der Waals surface area contributed by atoms with Crippen LogP contribution in [-0.2, 0) is 14.5 Å². The lowest BCUT2D eigenvalue weighted by atomic mass is 10.4. The van der Waals surface area contributed by atoms with E-state index in [0.717, 1.165) is 0 Å². The molecule has 0 spiro atoms. The summed E-state index contributed by atoms with van der Waals surface area (Å²) in [5.74, 6) is 0. The molecule has 0 aromatic heterocycles. The Morgan fingerprint density at radius 2 is 2.10 bits per heavy atom. The van der Waals surface area contributed by atoms with Crippen molar-refractivity contribution in [3.63, 3.8) is 0 Å². The first-order valence-corrected chi connectivity index (χ1v) is 3.96. The fraction of sp³-hybridized carbons (Fsp3) is 1.00. The van der Waals surface area contributed by atoms with E-state index in [0.29, 0.717) is 0 Å². The molecule has 0 unspecified atom stereocenters. The standard InChI is InChI=1S/C3H10N2O4S/c4-3(1-6)2-9-10(5,7)8/h3,6H,1-2,4H2,(H2,5,7,8)/t3-/m1/s1. The van der Waals surface area contributed by atoms with Gasteiger partial charge in [-0.2, -0.15) is 8.42 Å². The zero-order chi connectivity index (χ0) is 8.20. The zero-order valence-corrected chi connectivity index (χ0v) is 6.04. The van der Waals surface area contributed by atoms with Gasteiger partial charge in [0.1, 0.15) is 0 Å². The van der Waals surface area contributed by atoms with E-state index in [4.69, 9.17) is 10.8 Å². The van der Waals surface area contributed by atoms with Crippen LogP contribution in [0.5, 0.6) is 0 Å². The van der Waals surface area contributed by atoms with Crippen LogP contribution in [0.15, 0.2) is 0 Å². The molecule has 0 aliphatic rings. The van der Waals surface area contributed by atoms with Gasteiger partial charge in [-0.15, -0.1) is 0 Å². The van der Waals surface area contributed by atoms with Crippen molar-refractivity contribution in [1.82, 2.24) is 0 Å². The maximum atomic E-state index is 10.1. The highest BCUT2D eigenvalue weighted by molar-refractivity contribution is 7.84. The average molecular weight is 170 g/mol. The Bertz CT molecular complexity index is 177. The van der Waals surface area contributed by atoms with E-state index >= 15 is 0 Å². The predicted octanol–water partition coefficient (Wildman–Crippen LogP) is -2.47. The molecule has 1 atom stereocenters. The third-order valence-electron chi connectivity index (χ3n) is 0.681. The van der Waals surface area contributed by atoms with Crippen LogP contribution in [0.1, 0.15) is 0 Å². The van der Waals surface area contributed by atoms with Gasteiger partial charge in [0.15, 0.2) is 0 Å². The highest BCUT2D eigenvalue weighted by Crippen LogP contribution is 1.84. The van der Waals surface area contributed by atoms with Gasteiger partial charge in [0.25, 0.3) is 0 Å². The largest absolute Gasteiger partial charge is 0.395 e. The number of hydrogen-bond donors (Lipinski definition) is 3. The fourth-order valence-electron chi connectivity index (χ4n) is 0.235. The Morgan fingerprint density at radius 1 is 1.60 bits per heavy atom. The molecular weight excluding hydrogens is 160 g/mol. The van der Waals surface area contributed by atoms with Gasteiger partial charge in [-0.05, 0) is 0 Å². The summed E-state index contributed by atoms with van der Waals surface area (Å²) in [6, 6.07) is -0.710. The number of aliphatic hydroxyl groups excluding tert-OH is 1. The summed E-state index contributed by atoms with van der Waals surface area (Å²) in [5.41, 5.74) is 5.09.